The van der Waals surface area contributed by atoms with Crippen LogP contribution in [0.4, 0.5) is 0 Å². The lowest BCUT2D eigenvalue weighted by atomic mass is 10.2. The summed E-state index contributed by atoms with van der Waals surface area (Å²) in [6.07, 6.45) is 1.50. The molecule has 6 heteroatoms. The second kappa shape index (κ2) is 7.13. The van der Waals surface area contributed by atoms with Crippen molar-refractivity contribution in [1.29, 1.82) is 0 Å². The predicted molar refractivity (Wildman–Crippen MR) is 69.7 cm³/mol. The third kappa shape index (κ3) is 4.12. The summed E-state index contributed by atoms with van der Waals surface area (Å²) in [5.41, 5.74) is 4.72. The van der Waals surface area contributed by atoms with E-state index in [0.717, 1.165) is 4.57 Å². The maximum atomic E-state index is 11.9. The van der Waals surface area contributed by atoms with Crippen molar-refractivity contribution in [3.05, 3.63) is 33.1 Å². The largest absolute Gasteiger partial charge is 0.379 e. The van der Waals surface area contributed by atoms with Gasteiger partial charge in [-0.05, 0) is 5.92 Å². The second-order valence-corrected chi connectivity index (χ2v) is 4.54. The van der Waals surface area contributed by atoms with E-state index in [1.165, 1.54) is 16.8 Å². The molecule has 0 atom stereocenters. The lowest BCUT2D eigenvalue weighted by Crippen LogP contribution is -2.41. The molecule has 2 N–H and O–H groups in total. The lowest BCUT2D eigenvalue weighted by Gasteiger charge is -2.10. The summed E-state index contributed by atoms with van der Waals surface area (Å²) in [5.74, 6) is 0.466. The van der Waals surface area contributed by atoms with Gasteiger partial charge in [0, 0.05) is 32.0 Å². The minimum atomic E-state index is -0.332. The van der Waals surface area contributed by atoms with E-state index in [4.69, 9.17) is 10.5 Å². The summed E-state index contributed by atoms with van der Waals surface area (Å²) < 4.78 is 8.02. The Morgan fingerprint density at radius 1 is 1.33 bits per heavy atom. The van der Waals surface area contributed by atoms with E-state index in [9.17, 15) is 9.59 Å². The molecule has 0 bridgehead atoms. The van der Waals surface area contributed by atoms with Gasteiger partial charge in [-0.15, -0.1) is 0 Å². The van der Waals surface area contributed by atoms with E-state index in [1.54, 1.807) is 0 Å². The molecular weight excluding hydrogens is 234 g/mol. The fourth-order valence-corrected chi connectivity index (χ4v) is 1.54. The molecule has 0 aliphatic rings. The maximum Gasteiger partial charge on any atom is 0.331 e. The molecule has 18 heavy (non-hydrogen) atoms. The van der Waals surface area contributed by atoms with Crippen LogP contribution in [0, 0.1) is 5.92 Å². The van der Waals surface area contributed by atoms with E-state index in [2.05, 4.69) is 13.8 Å². The van der Waals surface area contributed by atoms with Crippen LogP contribution in [0.3, 0.4) is 0 Å². The third-order valence-corrected chi connectivity index (χ3v) is 2.42. The van der Waals surface area contributed by atoms with Crippen molar-refractivity contribution in [3.8, 4) is 0 Å². The van der Waals surface area contributed by atoms with Crippen molar-refractivity contribution in [2.75, 3.05) is 19.8 Å². The van der Waals surface area contributed by atoms with Crippen molar-refractivity contribution in [2.45, 2.75) is 26.9 Å². The molecule has 1 rings (SSSR count). The summed E-state index contributed by atoms with van der Waals surface area (Å²) >= 11 is 0. The zero-order valence-electron chi connectivity index (χ0n) is 11.0. The first-order valence-electron chi connectivity index (χ1n) is 6.14. The molecule has 0 unspecified atom stereocenters. The molecule has 6 nitrogen and oxygen atoms in total. The van der Waals surface area contributed by atoms with Gasteiger partial charge in [-0.3, -0.25) is 13.9 Å². The molecule has 0 amide bonds. The molecule has 0 spiro atoms. The van der Waals surface area contributed by atoms with Gasteiger partial charge >= 0.3 is 5.69 Å². The van der Waals surface area contributed by atoms with Crippen molar-refractivity contribution >= 4 is 0 Å². The van der Waals surface area contributed by atoms with Crippen LogP contribution in [0.1, 0.15) is 13.8 Å². The van der Waals surface area contributed by atoms with Gasteiger partial charge in [0.15, 0.2) is 0 Å². The Hall–Kier alpha value is -1.40. The van der Waals surface area contributed by atoms with E-state index < -0.39 is 0 Å². The van der Waals surface area contributed by atoms with Gasteiger partial charge in [0.05, 0.1) is 13.2 Å². The molecule has 0 saturated carbocycles. The van der Waals surface area contributed by atoms with Gasteiger partial charge in [0.25, 0.3) is 5.56 Å². The van der Waals surface area contributed by atoms with Crippen LogP contribution in [-0.2, 0) is 17.8 Å². The third-order valence-electron chi connectivity index (χ3n) is 2.42. The van der Waals surface area contributed by atoms with Crippen LogP contribution in [-0.4, -0.2) is 28.9 Å². The van der Waals surface area contributed by atoms with E-state index >= 15 is 0 Å². The Balaban J connectivity index is 2.69. The number of ether oxygens (including phenoxy) is 1. The summed E-state index contributed by atoms with van der Waals surface area (Å²) in [6, 6.07) is 1.37. The first kappa shape index (κ1) is 14.7. The topological polar surface area (TPSA) is 79.2 Å². The van der Waals surface area contributed by atoms with Crippen LogP contribution < -0.4 is 17.0 Å². The Labute approximate surface area is 106 Å². The number of hydrogen-bond donors (Lipinski definition) is 1. The summed E-state index contributed by atoms with van der Waals surface area (Å²) in [6.45, 7) is 6.20. The van der Waals surface area contributed by atoms with Gasteiger partial charge < -0.3 is 10.5 Å². The molecule has 0 aliphatic carbocycles. The number of nitrogens with two attached hydrogens (primary N) is 1. The quantitative estimate of drug-likeness (QED) is 0.675. The van der Waals surface area contributed by atoms with Crippen LogP contribution in [0.2, 0.25) is 0 Å². The Kier molecular flexibility index (Phi) is 5.80. The first-order valence-corrected chi connectivity index (χ1v) is 6.14. The second-order valence-electron chi connectivity index (χ2n) is 4.54. The fraction of sp³-hybridized carbons (Fsp3) is 0.667. The Morgan fingerprint density at radius 3 is 2.67 bits per heavy atom. The molecule has 0 radical (unpaired) electrons. The molecular formula is C12H21N3O3. The molecule has 1 heterocycles. The van der Waals surface area contributed by atoms with E-state index in [0.29, 0.717) is 25.7 Å². The van der Waals surface area contributed by atoms with Gasteiger partial charge in [0.2, 0.25) is 0 Å². The number of aromatic nitrogens is 2. The summed E-state index contributed by atoms with van der Waals surface area (Å²) in [5, 5.41) is 0. The predicted octanol–water partition coefficient (Wildman–Crippen LogP) is -0.359. The average molecular weight is 255 g/mol. The van der Waals surface area contributed by atoms with Gasteiger partial charge in [-0.1, -0.05) is 13.8 Å². The maximum absolute atomic E-state index is 11.9. The zero-order chi connectivity index (χ0) is 13.5. The molecule has 0 aliphatic heterocycles. The van der Waals surface area contributed by atoms with Crippen LogP contribution in [0.25, 0.3) is 0 Å². The van der Waals surface area contributed by atoms with Crippen molar-refractivity contribution in [3.63, 3.8) is 0 Å². The molecule has 1 aromatic rings. The number of rotatable bonds is 7. The highest BCUT2D eigenvalue weighted by atomic mass is 16.5. The summed E-state index contributed by atoms with van der Waals surface area (Å²) in [4.78, 5) is 23.4. The first-order chi connectivity index (χ1) is 8.56. The van der Waals surface area contributed by atoms with E-state index in [1.807, 2.05) is 0 Å². The number of nitrogens with zero attached hydrogens (tertiary/aromatic N) is 2. The standard InChI is InChI=1S/C12H21N3O3/c1-10(2)9-18-8-7-14-5-3-11(16)15(6-4-13)12(14)17/h3,5,10H,4,6-9,13H2,1-2H3. The molecule has 0 saturated heterocycles. The highest BCUT2D eigenvalue weighted by Crippen LogP contribution is 1.92. The molecule has 102 valence electrons. The van der Waals surface area contributed by atoms with Crippen LogP contribution in [0.15, 0.2) is 21.9 Å². The van der Waals surface area contributed by atoms with Gasteiger partial charge in [-0.2, -0.15) is 0 Å². The lowest BCUT2D eigenvalue weighted by molar-refractivity contribution is 0.102. The molecule has 0 aromatic carbocycles. The van der Waals surface area contributed by atoms with Crippen LogP contribution in [0.5, 0.6) is 0 Å². The monoisotopic (exact) mass is 255 g/mol. The van der Waals surface area contributed by atoms with Crippen molar-refractivity contribution in [2.24, 2.45) is 11.7 Å². The highest BCUT2D eigenvalue weighted by molar-refractivity contribution is 4.86. The molecule has 0 fully saturated rings. The Bertz CT molecular complexity index is 476. The smallest absolute Gasteiger partial charge is 0.331 e. The zero-order valence-corrected chi connectivity index (χ0v) is 11.0. The minimum absolute atomic E-state index is 0.241. The van der Waals surface area contributed by atoms with E-state index in [-0.39, 0.29) is 24.3 Å². The normalized spacial score (nSPS) is 11.1. The fourth-order valence-electron chi connectivity index (χ4n) is 1.54. The highest BCUT2D eigenvalue weighted by Gasteiger charge is 2.04. The summed E-state index contributed by atoms with van der Waals surface area (Å²) in [7, 11) is 0. The van der Waals surface area contributed by atoms with Gasteiger partial charge in [-0.25, -0.2) is 4.79 Å². The number of hydrogen-bond acceptors (Lipinski definition) is 4. The minimum Gasteiger partial charge on any atom is -0.379 e. The van der Waals surface area contributed by atoms with Crippen molar-refractivity contribution < 1.29 is 4.74 Å². The van der Waals surface area contributed by atoms with Crippen LogP contribution >= 0.6 is 0 Å². The average Bonchev–Trinajstić information content (AvgIpc) is 2.32. The van der Waals surface area contributed by atoms with Gasteiger partial charge in [0.1, 0.15) is 0 Å². The molecule has 1 aromatic heterocycles. The SMILES string of the molecule is CC(C)COCCn1ccc(=O)n(CCN)c1=O. The Morgan fingerprint density at radius 2 is 2.06 bits per heavy atom. The van der Waals surface area contributed by atoms with Crippen molar-refractivity contribution in [1.82, 2.24) is 9.13 Å².